The van der Waals surface area contributed by atoms with Gasteiger partial charge < -0.3 is 10.2 Å². The summed E-state index contributed by atoms with van der Waals surface area (Å²) in [4.78, 5) is 13.9. The lowest BCUT2D eigenvalue weighted by Gasteiger charge is -2.27. The molecule has 1 saturated heterocycles. The molecule has 0 bridgehead atoms. The Morgan fingerprint density at radius 1 is 1.56 bits per heavy atom. The van der Waals surface area contributed by atoms with Crippen molar-refractivity contribution in [3.8, 4) is 0 Å². The normalized spacial score (nSPS) is 19.6. The molecule has 0 aromatic heterocycles. The molecule has 1 aromatic carbocycles. The van der Waals surface area contributed by atoms with Crippen molar-refractivity contribution in [2.45, 2.75) is 19.4 Å². The highest BCUT2D eigenvalue weighted by atomic mass is 19.1. The van der Waals surface area contributed by atoms with E-state index in [9.17, 15) is 9.18 Å². The summed E-state index contributed by atoms with van der Waals surface area (Å²) in [6, 6.07) is 6.40. The van der Waals surface area contributed by atoms with E-state index < -0.39 is 0 Å². The molecule has 1 amide bonds. The Kier molecular flexibility index (Phi) is 4.31. The molecule has 3 nitrogen and oxygen atoms in total. The van der Waals surface area contributed by atoms with E-state index in [1.807, 2.05) is 6.07 Å². The van der Waals surface area contributed by atoms with Gasteiger partial charge in [0, 0.05) is 20.1 Å². The van der Waals surface area contributed by atoms with Crippen molar-refractivity contribution in [3.05, 3.63) is 35.6 Å². The van der Waals surface area contributed by atoms with Crippen LogP contribution in [0.2, 0.25) is 0 Å². The highest BCUT2D eigenvalue weighted by Gasteiger charge is 2.23. The first-order valence-corrected chi connectivity index (χ1v) is 6.37. The lowest BCUT2D eigenvalue weighted by molar-refractivity contribution is -0.135. The Balaban J connectivity index is 1.94. The molecule has 1 fully saturated rings. The zero-order valence-corrected chi connectivity index (χ0v) is 10.7. The Morgan fingerprint density at radius 2 is 2.39 bits per heavy atom. The number of nitrogens with zero attached hydrogens (tertiary/aromatic N) is 1. The van der Waals surface area contributed by atoms with E-state index in [1.165, 1.54) is 12.1 Å². The van der Waals surface area contributed by atoms with Gasteiger partial charge in [0.25, 0.3) is 0 Å². The van der Waals surface area contributed by atoms with Crippen molar-refractivity contribution >= 4 is 5.91 Å². The predicted octanol–water partition coefficient (Wildman–Crippen LogP) is 1.78. The SMILES string of the molecule is CN(Cc1cccc(F)c1)C(=O)[C@@H]1CCCNC1. The van der Waals surface area contributed by atoms with Crippen LogP contribution in [0.25, 0.3) is 0 Å². The van der Waals surface area contributed by atoms with E-state index >= 15 is 0 Å². The van der Waals surface area contributed by atoms with E-state index in [0.717, 1.165) is 31.5 Å². The van der Waals surface area contributed by atoms with Crippen LogP contribution >= 0.6 is 0 Å². The number of halogens is 1. The van der Waals surface area contributed by atoms with E-state index in [2.05, 4.69) is 5.32 Å². The number of carbonyl (C=O) groups is 1. The van der Waals surface area contributed by atoms with Crippen LogP contribution in [0, 0.1) is 11.7 Å². The molecule has 1 N–H and O–H groups in total. The van der Waals surface area contributed by atoms with Gasteiger partial charge in [0.1, 0.15) is 5.82 Å². The summed E-state index contributed by atoms with van der Waals surface area (Å²) < 4.78 is 13.1. The van der Waals surface area contributed by atoms with Gasteiger partial charge >= 0.3 is 0 Å². The third kappa shape index (κ3) is 3.29. The summed E-state index contributed by atoms with van der Waals surface area (Å²) in [5.74, 6) is -0.0450. The summed E-state index contributed by atoms with van der Waals surface area (Å²) in [6.45, 7) is 2.22. The van der Waals surface area contributed by atoms with Gasteiger partial charge in [-0.1, -0.05) is 12.1 Å². The van der Waals surface area contributed by atoms with Crippen LogP contribution in [-0.2, 0) is 11.3 Å². The zero-order chi connectivity index (χ0) is 13.0. The van der Waals surface area contributed by atoms with Gasteiger partial charge in [0.2, 0.25) is 5.91 Å². The molecule has 98 valence electrons. The van der Waals surface area contributed by atoms with Gasteiger partial charge in [-0.15, -0.1) is 0 Å². The largest absolute Gasteiger partial charge is 0.341 e. The van der Waals surface area contributed by atoms with Crippen LogP contribution in [0.4, 0.5) is 4.39 Å². The second-order valence-corrected chi connectivity index (χ2v) is 4.87. The van der Waals surface area contributed by atoms with E-state index in [1.54, 1.807) is 18.0 Å². The Hall–Kier alpha value is -1.42. The van der Waals surface area contributed by atoms with E-state index in [4.69, 9.17) is 0 Å². The summed E-state index contributed by atoms with van der Waals surface area (Å²) in [7, 11) is 1.78. The quantitative estimate of drug-likeness (QED) is 0.887. The maximum Gasteiger partial charge on any atom is 0.227 e. The molecule has 4 heteroatoms. The summed E-state index contributed by atoms with van der Waals surface area (Å²) in [5, 5.41) is 3.24. The third-order valence-electron chi connectivity index (χ3n) is 3.33. The number of rotatable bonds is 3. The first-order valence-electron chi connectivity index (χ1n) is 6.37. The van der Waals surface area contributed by atoms with Crippen LogP contribution in [0.15, 0.2) is 24.3 Å². The Morgan fingerprint density at radius 3 is 3.06 bits per heavy atom. The molecule has 1 atom stereocenters. The molecule has 1 aromatic rings. The minimum Gasteiger partial charge on any atom is -0.341 e. The predicted molar refractivity (Wildman–Crippen MR) is 68.5 cm³/mol. The van der Waals surface area contributed by atoms with Gasteiger partial charge in [-0.3, -0.25) is 4.79 Å². The molecular formula is C14H19FN2O. The van der Waals surface area contributed by atoms with E-state index in [-0.39, 0.29) is 17.6 Å². The maximum absolute atomic E-state index is 13.1. The minimum atomic E-state index is -0.257. The van der Waals surface area contributed by atoms with Crippen LogP contribution < -0.4 is 5.32 Å². The third-order valence-corrected chi connectivity index (χ3v) is 3.33. The molecule has 1 aliphatic heterocycles. The molecule has 0 unspecified atom stereocenters. The molecule has 0 saturated carbocycles. The summed E-state index contributed by atoms with van der Waals surface area (Å²) >= 11 is 0. The number of benzene rings is 1. The van der Waals surface area contributed by atoms with Gasteiger partial charge in [-0.25, -0.2) is 4.39 Å². The van der Waals surface area contributed by atoms with Gasteiger partial charge in [0.15, 0.2) is 0 Å². The average Bonchev–Trinajstić information content (AvgIpc) is 2.39. The monoisotopic (exact) mass is 250 g/mol. The van der Waals surface area contributed by atoms with Crippen LogP contribution in [-0.4, -0.2) is 30.9 Å². The molecule has 0 aliphatic carbocycles. The van der Waals surface area contributed by atoms with Crippen molar-refractivity contribution in [2.75, 3.05) is 20.1 Å². The van der Waals surface area contributed by atoms with Crippen LogP contribution in [0.3, 0.4) is 0 Å². The van der Waals surface area contributed by atoms with E-state index in [0.29, 0.717) is 6.54 Å². The average molecular weight is 250 g/mol. The zero-order valence-electron chi connectivity index (χ0n) is 10.7. The highest BCUT2D eigenvalue weighted by molar-refractivity contribution is 5.78. The molecule has 2 rings (SSSR count). The van der Waals surface area contributed by atoms with Crippen LogP contribution in [0.5, 0.6) is 0 Å². The van der Waals surface area contributed by atoms with Crippen molar-refractivity contribution in [3.63, 3.8) is 0 Å². The van der Waals surface area contributed by atoms with Crippen molar-refractivity contribution in [1.82, 2.24) is 10.2 Å². The van der Waals surface area contributed by atoms with Crippen LogP contribution in [0.1, 0.15) is 18.4 Å². The standard InChI is InChI=1S/C14H19FN2O/c1-17(10-11-4-2-6-13(15)8-11)14(18)12-5-3-7-16-9-12/h2,4,6,8,12,16H,3,5,7,9-10H2,1H3/t12-/m1/s1. The summed E-state index contributed by atoms with van der Waals surface area (Å²) in [6.07, 6.45) is 1.99. The number of nitrogens with one attached hydrogen (secondary N) is 1. The number of piperidine rings is 1. The van der Waals surface area contributed by atoms with Gasteiger partial charge in [-0.2, -0.15) is 0 Å². The van der Waals surface area contributed by atoms with Crippen molar-refractivity contribution in [2.24, 2.45) is 5.92 Å². The Labute approximate surface area is 107 Å². The topological polar surface area (TPSA) is 32.3 Å². The first-order chi connectivity index (χ1) is 8.66. The smallest absolute Gasteiger partial charge is 0.227 e. The second-order valence-electron chi connectivity index (χ2n) is 4.87. The van der Waals surface area contributed by atoms with Gasteiger partial charge in [0.05, 0.1) is 5.92 Å². The molecule has 0 radical (unpaired) electrons. The fraction of sp³-hybridized carbons (Fsp3) is 0.500. The molecule has 1 aliphatic rings. The second kappa shape index (κ2) is 5.96. The van der Waals surface area contributed by atoms with Crippen molar-refractivity contribution < 1.29 is 9.18 Å². The lowest BCUT2D eigenvalue weighted by Crippen LogP contribution is -2.41. The number of amides is 1. The molecule has 1 heterocycles. The maximum atomic E-state index is 13.1. The number of hydrogen-bond donors (Lipinski definition) is 1. The highest BCUT2D eigenvalue weighted by Crippen LogP contribution is 2.14. The molecule has 18 heavy (non-hydrogen) atoms. The lowest BCUT2D eigenvalue weighted by atomic mass is 9.98. The Bertz CT molecular complexity index is 416. The number of carbonyl (C=O) groups excluding carboxylic acids is 1. The molecular weight excluding hydrogens is 231 g/mol. The fourth-order valence-corrected chi connectivity index (χ4v) is 2.36. The first kappa shape index (κ1) is 13.0. The fourth-order valence-electron chi connectivity index (χ4n) is 2.36. The number of hydrogen-bond acceptors (Lipinski definition) is 2. The molecule has 0 spiro atoms. The van der Waals surface area contributed by atoms with Crippen molar-refractivity contribution in [1.29, 1.82) is 0 Å². The van der Waals surface area contributed by atoms with Gasteiger partial charge in [-0.05, 0) is 37.1 Å². The minimum absolute atomic E-state index is 0.0670. The summed E-state index contributed by atoms with van der Waals surface area (Å²) in [5.41, 5.74) is 0.828.